The molecule has 10 heteroatoms. The van der Waals surface area contributed by atoms with Gasteiger partial charge in [-0.15, -0.1) is 0 Å². The second-order valence-electron chi connectivity index (χ2n) is 7.69. The average Bonchev–Trinajstić information content (AvgIpc) is 3.14. The van der Waals surface area contributed by atoms with Gasteiger partial charge in [0, 0.05) is 25.2 Å². The summed E-state index contributed by atoms with van der Waals surface area (Å²) < 4.78 is 32.6. The van der Waals surface area contributed by atoms with Crippen molar-refractivity contribution in [2.24, 2.45) is 0 Å². The Morgan fingerprint density at radius 3 is 2.35 bits per heavy atom. The summed E-state index contributed by atoms with van der Waals surface area (Å²) in [4.78, 5) is 24.4. The highest BCUT2D eigenvalue weighted by Crippen LogP contribution is 2.31. The second kappa shape index (κ2) is 8.64. The van der Waals surface area contributed by atoms with E-state index in [1.54, 1.807) is 4.90 Å². The van der Waals surface area contributed by atoms with Crippen molar-refractivity contribution >= 4 is 21.8 Å². The summed E-state index contributed by atoms with van der Waals surface area (Å²) in [6.45, 7) is 0.671. The van der Waals surface area contributed by atoms with Gasteiger partial charge in [-0.2, -0.15) is 4.31 Å². The number of ether oxygens (including phenoxy) is 1. The third kappa shape index (κ3) is 4.26. The predicted molar refractivity (Wildman–Crippen MR) is 112 cm³/mol. The van der Waals surface area contributed by atoms with Gasteiger partial charge in [-0.1, -0.05) is 42.5 Å². The highest BCUT2D eigenvalue weighted by Gasteiger charge is 2.41. The van der Waals surface area contributed by atoms with Crippen LogP contribution in [0.1, 0.15) is 18.4 Å². The summed E-state index contributed by atoms with van der Waals surface area (Å²) in [5.74, 6) is 0. The van der Waals surface area contributed by atoms with Crippen molar-refractivity contribution < 1.29 is 22.9 Å². The van der Waals surface area contributed by atoms with Crippen molar-refractivity contribution in [1.29, 1.82) is 0 Å². The molecule has 0 radical (unpaired) electrons. The van der Waals surface area contributed by atoms with Crippen LogP contribution in [0.3, 0.4) is 0 Å². The van der Waals surface area contributed by atoms with Crippen molar-refractivity contribution in [1.82, 2.24) is 9.21 Å². The molecule has 2 aliphatic rings. The fourth-order valence-electron chi connectivity index (χ4n) is 4.29. The molecule has 9 nitrogen and oxygen atoms in total. The Morgan fingerprint density at radius 2 is 1.68 bits per heavy atom. The van der Waals surface area contributed by atoms with E-state index in [4.69, 9.17) is 4.74 Å². The Hall–Kier alpha value is -2.98. The largest absolute Gasteiger partial charge is 0.447 e. The summed E-state index contributed by atoms with van der Waals surface area (Å²) in [7, 11) is -4.00. The number of hydrogen-bond donors (Lipinski definition) is 0. The van der Waals surface area contributed by atoms with E-state index >= 15 is 0 Å². The van der Waals surface area contributed by atoms with Gasteiger partial charge >= 0.3 is 6.09 Å². The zero-order valence-corrected chi connectivity index (χ0v) is 17.6. The molecule has 0 aromatic heterocycles. The molecule has 0 saturated carbocycles. The average molecular weight is 445 g/mol. The summed E-state index contributed by atoms with van der Waals surface area (Å²) in [6.07, 6.45) is 1.18. The molecular formula is C21H23N3O6S. The van der Waals surface area contributed by atoms with Gasteiger partial charge in [0.05, 0.1) is 11.0 Å². The third-order valence-electron chi connectivity index (χ3n) is 5.81. The number of nitrogens with zero attached hydrogens (tertiary/aromatic N) is 3. The number of nitro benzene ring substituents is 1. The molecule has 2 heterocycles. The SMILES string of the molecule is O=C1OCC(Cc2ccccc2)N1C1CCN(S(=O)(=O)c2ccccc2[N+](=O)[O-])CC1. The first kappa shape index (κ1) is 21.3. The van der Waals surface area contributed by atoms with Crippen LogP contribution >= 0.6 is 0 Å². The minimum Gasteiger partial charge on any atom is -0.447 e. The monoisotopic (exact) mass is 445 g/mol. The molecular weight excluding hydrogens is 422 g/mol. The number of amides is 1. The van der Waals surface area contributed by atoms with Gasteiger partial charge in [-0.05, 0) is 30.9 Å². The van der Waals surface area contributed by atoms with Crippen LogP contribution in [0.5, 0.6) is 0 Å². The summed E-state index contributed by atoms with van der Waals surface area (Å²) in [5, 5.41) is 11.3. The minimum absolute atomic E-state index is 0.0988. The van der Waals surface area contributed by atoms with Crippen LogP contribution in [0.2, 0.25) is 0 Å². The lowest BCUT2D eigenvalue weighted by Gasteiger charge is -2.37. The van der Waals surface area contributed by atoms with Gasteiger partial charge < -0.3 is 4.74 Å². The van der Waals surface area contributed by atoms with Crippen molar-refractivity contribution in [3.8, 4) is 0 Å². The van der Waals surface area contributed by atoms with Gasteiger partial charge in [-0.3, -0.25) is 15.0 Å². The lowest BCUT2D eigenvalue weighted by Crippen LogP contribution is -2.50. The van der Waals surface area contributed by atoms with Gasteiger partial charge in [0.25, 0.3) is 5.69 Å². The highest BCUT2D eigenvalue weighted by molar-refractivity contribution is 7.89. The molecule has 4 rings (SSSR count). The van der Waals surface area contributed by atoms with E-state index in [0.29, 0.717) is 25.9 Å². The quantitative estimate of drug-likeness (QED) is 0.499. The maximum Gasteiger partial charge on any atom is 0.410 e. The van der Waals surface area contributed by atoms with E-state index in [0.717, 1.165) is 5.56 Å². The number of para-hydroxylation sites is 1. The number of benzene rings is 2. The van der Waals surface area contributed by atoms with Crippen molar-refractivity contribution in [2.45, 2.75) is 36.2 Å². The number of carbonyl (C=O) groups is 1. The Morgan fingerprint density at radius 1 is 1.03 bits per heavy atom. The molecule has 0 spiro atoms. The molecule has 1 amide bonds. The molecule has 0 aliphatic carbocycles. The fourth-order valence-corrected chi connectivity index (χ4v) is 5.92. The first-order valence-electron chi connectivity index (χ1n) is 10.1. The van der Waals surface area contributed by atoms with Crippen LogP contribution in [0.25, 0.3) is 0 Å². The Kier molecular flexibility index (Phi) is 5.92. The predicted octanol–water partition coefficient (Wildman–Crippen LogP) is 2.81. The third-order valence-corrected chi connectivity index (χ3v) is 7.76. The minimum atomic E-state index is -4.00. The van der Waals surface area contributed by atoms with E-state index < -0.39 is 20.6 Å². The zero-order chi connectivity index (χ0) is 22.0. The van der Waals surface area contributed by atoms with Crippen LogP contribution < -0.4 is 0 Å². The first-order chi connectivity index (χ1) is 14.9. The van der Waals surface area contributed by atoms with Gasteiger partial charge in [0.1, 0.15) is 6.61 Å². The standard InChI is InChI=1S/C21H23N3O6S/c25-21-23(18(15-30-21)14-16-6-2-1-3-7-16)17-10-12-22(13-11-17)31(28,29)20-9-5-4-8-19(20)24(26)27/h1-9,17-18H,10-15H2. The fraction of sp³-hybridized carbons (Fsp3) is 0.381. The van der Waals surface area contributed by atoms with Crippen LogP contribution in [0.4, 0.5) is 10.5 Å². The molecule has 31 heavy (non-hydrogen) atoms. The van der Waals surface area contributed by atoms with E-state index in [9.17, 15) is 23.3 Å². The van der Waals surface area contributed by atoms with Crippen LogP contribution in [-0.2, 0) is 21.2 Å². The summed E-state index contributed by atoms with van der Waals surface area (Å²) in [6, 6.07) is 15.0. The maximum absolute atomic E-state index is 13.0. The number of sulfonamides is 1. The summed E-state index contributed by atoms with van der Waals surface area (Å²) >= 11 is 0. The molecule has 2 saturated heterocycles. The van der Waals surface area contributed by atoms with Gasteiger partial charge in [0.15, 0.2) is 4.90 Å². The number of piperidine rings is 1. The zero-order valence-electron chi connectivity index (χ0n) is 16.8. The second-order valence-corrected chi connectivity index (χ2v) is 9.59. The van der Waals surface area contributed by atoms with Gasteiger partial charge in [-0.25, -0.2) is 13.2 Å². The number of cyclic esters (lactones) is 1. The van der Waals surface area contributed by atoms with Crippen LogP contribution in [0, 0.1) is 10.1 Å². The van der Waals surface area contributed by atoms with Gasteiger partial charge in [0.2, 0.25) is 10.0 Å². The molecule has 0 bridgehead atoms. The van der Waals surface area contributed by atoms with Crippen LogP contribution in [-0.4, -0.2) is 60.4 Å². The Bertz CT molecular complexity index is 1070. The van der Waals surface area contributed by atoms with E-state index in [2.05, 4.69) is 0 Å². The Balaban J connectivity index is 1.46. The van der Waals surface area contributed by atoms with Crippen molar-refractivity contribution in [3.63, 3.8) is 0 Å². The molecule has 2 aromatic carbocycles. The van der Waals surface area contributed by atoms with Crippen LogP contribution in [0.15, 0.2) is 59.5 Å². The van der Waals surface area contributed by atoms with E-state index in [-0.39, 0.29) is 36.2 Å². The molecule has 2 aromatic rings. The highest BCUT2D eigenvalue weighted by atomic mass is 32.2. The van der Waals surface area contributed by atoms with Crippen molar-refractivity contribution in [2.75, 3.05) is 19.7 Å². The first-order valence-corrected chi connectivity index (χ1v) is 11.5. The normalized spacial score (nSPS) is 20.6. The smallest absolute Gasteiger partial charge is 0.410 e. The maximum atomic E-state index is 13.0. The number of rotatable bonds is 6. The summed E-state index contributed by atoms with van der Waals surface area (Å²) in [5.41, 5.74) is 0.669. The Labute approximate surface area is 180 Å². The topological polar surface area (TPSA) is 110 Å². The van der Waals surface area contributed by atoms with E-state index in [1.165, 1.54) is 28.6 Å². The number of carbonyl (C=O) groups excluding carboxylic acids is 1. The number of nitro groups is 1. The molecule has 1 atom stereocenters. The number of hydrogen-bond acceptors (Lipinski definition) is 6. The molecule has 164 valence electrons. The molecule has 0 N–H and O–H groups in total. The molecule has 1 unspecified atom stereocenters. The molecule has 2 aliphatic heterocycles. The molecule has 2 fully saturated rings. The lowest BCUT2D eigenvalue weighted by atomic mass is 10.00. The van der Waals surface area contributed by atoms with Crippen molar-refractivity contribution in [3.05, 3.63) is 70.3 Å². The lowest BCUT2D eigenvalue weighted by molar-refractivity contribution is -0.387. The van der Waals surface area contributed by atoms with E-state index in [1.807, 2.05) is 30.3 Å².